The second-order valence-corrected chi connectivity index (χ2v) is 4.05. The van der Waals surface area contributed by atoms with Crippen molar-refractivity contribution in [3.05, 3.63) is 22.8 Å². The Morgan fingerprint density at radius 1 is 1.29 bits per heavy atom. The Morgan fingerprint density at radius 3 is 2.53 bits per heavy atom. The highest BCUT2D eigenvalue weighted by molar-refractivity contribution is 5.93. The number of phenols is 2. The Kier molecular flexibility index (Phi) is 4.37. The quantitative estimate of drug-likeness (QED) is 0.625. The van der Waals surface area contributed by atoms with Gasteiger partial charge >= 0.3 is 5.97 Å². The summed E-state index contributed by atoms with van der Waals surface area (Å²) in [6.45, 7) is 5.57. The van der Waals surface area contributed by atoms with Gasteiger partial charge in [-0.05, 0) is 31.9 Å². The van der Waals surface area contributed by atoms with E-state index in [9.17, 15) is 15.0 Å². The molecule has 94 valence electrons. The van der Waals surface area contributed by atoms with Gasteiger partial charge in [0.15, 0.2) is 0 Å². The van der Waals surface area contributed by atoms with Crippen molar-refractivity contribution in [3.8, 4) is 11.5 Å². The maximum atomic E-state index is 11.7. The van der Waals surface area contributed by atoms with Gasteiger partial charge in [-0.3, -0.25) is 0 Å². The summed E-state index contributed by atoms with van der Waals surface area (Å²) in [6.07, 6.45) is 1.73. The minimum atomic E-state index is -0.554. The van der Waals surface area contributed by atoms with E-state index in [0.29, 0.717) is 17.7 Å². The molecule has 1 aromatic carbocycles. The molecule has 0 bridgehead atoms. The highest BCUT2D eigenvalue weighted by Gasteiger charge is 2.18. The van der Waals surface area contributed by atoms with Crippen molar-refractivity contribution in [1.82, 2.24) is 0 Å². The van der Waals surface area contributed by atoms with E-state index in [1.54, 1.807) is 13.8 Å². The van der Waals surface area contributed by atoms with E-state index in [0.717, 1.165) is 12.8 Å². The van der Waals surface area contributed by atoms with Gasteiger partial charge in [-0.1, -0.05) is 13.3 Å². The second kappa shape index (κ2) is 5.57. The molecule has 0 aliphatic carbocycles. The molecular formula is C13H18O4. The first-order valence-electron chi connectivity index (χ1n) is 5.68. The Balaban J connectivity index is 2.94. The SMILES string of the molecule is CCCCOC(=O)c1cc(C)c(O)c(C)c1O. The maximum absolute atomic E-state index is 11.7. The van der Waals surface area contributed by atoms with Crippen LogP contribution in [0.5, 0.6) is 11.5 Å². The molecule has 0 radical (unpaired) electrons. The summed E-state index contributed by atoms with van der Waals surface area (Å²) >= 11 is 0. The first-order valence-corrected chi connectivity index (χ1v) is 5.68. The molecule has 0 unspecified atom stereocenters. The van der Waals surface area contributed by atoms with Gasteiger partial charge in [0.1, 0.15) is 17.1 Å². The van der Waals surface area contributed by atoms with E-state index in [-0.39, 0.29) is 17.1 Å². The molecule has 2 N–H and O–H groups in total. The molecule has 0 amide bonds. The Labute approximate surface area is 101 Å². The maximum Gasteiger partial charge on any atom is 0.341 e. The zero-order chi connectivity index (χ0) is 13.0. The summed E-state index contributed by atoms with van der Waals surface area (Å²) in [5.74, 6) is -0.760. The number of benzene rings is 1. The number of unbranched alkanes of at least 4 members (excludes halogenated alkanes) is 1. The third-order valence-electron chi connectivity index (χ3n) is 2.65. The average molecular weight is 238 g/mol. The first-order chi connectivity index (χ1) is 7.99. The zero-order valence-corrected chi connectivity index (χ0v) is 10.4. The van der Waals surface area contributed by atoms with Crippen molar-refractivity contribution >= 4 is 5.97 Å². The standard InChI is InChI=1S/C13H18O4/c1-4-5-6-17-13(16)10-7-8(2)11(14)9(3)12(10)15/h7,14-15H,4-6H2,1-3H3. The van der Waals surface area contributed by atoms with Gasteiger partial charge in [0.25, 0.3) is 0 Å². The second-order valence-electron chi connectivity index (χ2n) is 4.05. The predicted molar refractivity (Wildman–Crippen MR) is 64.4 cm³/mol. The number of carbonyl (C=O) groups is 1. The number of rotatable bonds is 4. The summed E-state index contributed by atoms with van der Waals surface area (Å²) in [7, 11) is 0. The van der Waals surface area contributed by atoms with Crippen molar-refractivity contribution in [2.45, 2.75) is 33.6 Å². The van der Waals surface area contributed by atoms with Gasteiger partial charge in [-0.15, -0.1) is 0 Å². The van der Waals surface area contributed by atoms with Gasteiger partial charge in [0.2, 0.25) is 0 Å². The Morgan fingerprint density at radius 2 is 1.94 bits per heavy atom. The van der Waals surface area contributed by atoms with Crippen molar-refractivity contribution in [3.63, 3.8) is 0 Å². The number of phenolic OH excluding ortho intramolecular Hbond substituents is 2. The number of esters is 1. The van der Waals surface area contributed by atoms with Gasteiger partial charge in [0, 0.05) is 5.56 Å². The van der Waals surface area contributed by atoms with Crippen LogP contribution in [0.15, 0.2) is 6.07 Å². The third-order valence-corrected chi connectivity index (χ3v) is 2.65. The Hall–Kier alpha value is -1.71. The fourth-order valence-electron chi connectivity index (χ4n) is 1.51. The fourth-order valence-corrected chi connectivity index (χ4v) is 1.51. The van der Waals surface area contributed by atoms with Crippen LogP contribution >= 0.6 is 0 Å². The lowest BCUT2D eigenvalue weighted by Gasteiger charge is -2.11. The molecule has 17 heavy (non-hydrogen) atoms. The van der Waals surface area contributed by atoms with Crippen LogP contribution in [-0.4, -0.2) is 22.8 Å². The monoisotopic (exact) mass is 238 g/mol. The fraction of sp³-hybridized carbons (Fsp3) is 0.462. The predicted octanol–water partition coefficient (Wildman–Crippen LogP) is 2.67. The van der Waals surface area contributed by atoms with Crippen LogP contribution in [0, 0.1) is 13.8 Å². The highest BCUT2D eigenvalue weighted by Crippen LogP contribution is 2.33. The van der Waals surface area contributed by atoms with Crippen LogP contribution in [0.4, 0.5) is 0 Å². The van der Waals surface area contributed by atoms with Crippen LogP contribution in [0.1, 0.15) is 41.3 Å². The molecule has 1 aromatic rings. The number of aryl methyl sites for hydroxylation is 1. The summed E-state index contributed by atoms with van der Waals surface area (Å²) in [5.41, 5.74) is 0.948. The van der Waals surface area contributed by atoms with Crippen molar-refractivity contribution in [2.24, 2.45) is 0 Å². The molecule has 4 nitrogen and oxygen atoms in total. The lowest BCUT2D eigenvalue weighted by Crippen LogP contribution is -2.07. The largest absolute Gasteiger partial charge is 0.507 e. The lowest BCUT2D eigenvalue weighted by molar-refractivity contribution is 0.0496. The van der Waals surface area contributed by atoms with Crippen LogP contribution in [-0.2, 0) is 4.74 Å². The molecule has 0 heterocycles. The van der Waals surface area contributed by atoms with E-state index in [2.05, 4.69) is 0 Å². The van der Waals surface area contributed by atoms with E-state index in [1.807, 2.05) is 6.92 Å². The molecule has 0 saturated heterocycles. The number of carbonyl (C=O) groups excluding carboxylic acids is 1. The third kappa shape index (κ3) is 2.90. The smallest absolute Gasteiger partial charge is 0.341 e. The summed E-state index contributed by atoms with van der Waals surface area (Å²) < 4.78 is 5.02. The molecule has 1 rings (SSSR count). The topological polar surface area (TPSA) is 66.8 Å². The molecule has 0 fully saturated rings. The van der Waals surface area contributed by atoms with Crippen molar-refractivity contribution < 1.29 is 19.7 Å². The van der Waals surface area contributed by atoms with E-state index in [4.69, 9.17) is 4.74 Å². The molecule has 0 aliphatic rings. The van der Waals surface area contributed by atoms with E-state index >= 15 is 0 Å². The van der Waals surface area contributed by atoms with Crippen LogP contribution in [0.25, 0.3) is 0 Å². The minimum absolute atomic E-state index is 0.00704. The average Bonchev–Trinajstić information content (AvgIpc) is 2.31. The van der Waals surface area contributed by atoms with Crippen molar-refractivity contribution in [2.75, 3.05) is 6.61 Å². The number of hydrogen-bond donors (Lipinski definition) is 2. The van der Waals surface area contributed by atoms with Crippen molar-refractivity contribution in [1.29, 1.82) is 0 Å². The summed E-state index contributed by atoms with van der Waals surface area (Å²) in [6, 6.07) is 1.44. The lowest BCUT2D eigenvalue weighted by atomic mass is 10.0. The van der Waals surface area contributed by atoms with Gasteiger partial charge in [0.05, 0.1) is 6.61 Å². The molecule has 0 aliphatic heterocycles. The summed E-state index contributed by atoms with van der Waals surface area (Å²) in [5, 5.41) is 19.4. The first kappa shape index (κ1) is 13.4. The van der Waals surface area contributed by atoms with E-state index < -0.39 is 5.97 Å². The number of hydrogen-bond acceptors (Lipinski definition) is 4. The van der Waals surface area contributed by atoms with Crippen LogP contribution < -0.4 is 0 Å². The van der Waals surface area contributed by atoms with E-state index in [1.165, 1.54) is 6.07 Å². The highest BCUT2D eigenvalue weighted by atomic mass is 16.5. The van der Waals surface area contributed by atoms with Gasteiger partial charge in [-0.25, -0.2) is 4.79 Å². The molecular weight excluding hydrogens is 220 g/mol. The summed E-state index contributed by atoms with van der Waals surface area (Å²) in [4.78, 5) is 11.7. The zero-order valence-electron chi connectivity index (χ0n) is 10.4. The molecule has 0 spiro atoms. The number of ether oxygens (including phenoxy) is 1. The van der Waals surface area contributed by atoms with Crippen LogP contribution in [0.2, 0.25) is 0 Å². The van der Waals surface area contributed by atoms with Gasteiger partial charge in [-0.2, -0.15) is 0 Å². The van der Waals surface area contributed by atoms with Crippen LogP contribution in [0.3, 0.4) is 0 Å². The molecule has 0 aromatic heterocycles. The number of aromatic hydroxyl groups is 2. The Bertz CT molecular complexity index is 424. The molecule has 4 heteroatoms. The van der Waals surface area contributed by atoms with Gasteiger partial charge < -0.3 is 14.9 Å². The molecule has 0 atom stereocenters. The molecule has 0 saturated carbocycles. The minimum Gasteiger partial charge on any atom is -0.507 e. The normalized spacial score (nSPS) is 10.3.